The van der Waals surface area contributed by atoms with Gasteiger partial charge in [-0.15, -0.1) is 0 Å². The van der Waals surface area contributed by atoms with Crippen LogP contribution in [-0.2, 0) is 4.79 Å². The van der Waals surface area contributed by atoms with Gasteiger partial charge in [0.15, 0.2) is 0 Å². The number of amides is 2. The summed E-state index contributed by atoms with van der Waals surface area (Å²) in [4.78, 5) is 28.4. The summed E-state index contributed by atoms with van der Waals surface area (Å²) in [5.74, 6) is -0.529. The van der Waals surface area contributed by atoms with Crippen molar-refractivity contribution in [3.8, 4) is 0 Å². The van der Waals surface area contributed by atoms with E-state index >= 15 is 0 Å². The van der Waals surface area contributed by atoms with Gasteiger partial charge in [0.25, 0.3) is 11.8 Å². The van der Waals surface area contributed by atoms with Gasteiger partial charge in [0.2, 0.25) is 0 Å². The summed E-state index contributed by atoms with van der Waals surface area (Å²) in [6.07, 6.45) is 5.44. The van der Waals surface area contributed by atoms with Gasteiger partial charge in [0.05, 0.1) is 16.3 Å². The van der Waals surface area contributed by atoms with Crippen LogP contribution in [-0.4, -0.2) is 17.5 Å². The first kappa shape index (κ1) is 16.9. The number of carbonyl (C=O) groups excluding carboxylic acids is 2. The van der Waals surface area contributed by atoms with Crippen molar-refractivity contribution >= 4 is 45.1 Å². The Labute approximate surface area is 153 Å². The van der Waals surface area contributed by atoms with Gasteiger partial charge in [-0.25, -0.2) is 4.99 Å². The Kier molecular flexibility index (Phi) is 4.56. The summed E-state index contributed by atoms with van der Waals surface area (Å²) in [6.45, 7) is 3.74. The molecule has 1 N–H and O–H groups in total. The van der Waals surface area contributed by atoms with Gasteiger partial charge < -0.3 is 5.32 Å². The van der Waals surface area contributed by atoms with Crippen LogP contribution < -0.4 is 5.32 Å². The highest BCUT2D eigenvalue weighted by Gasteiger charge is 2.27. The minimum absolute atomic E-state index is 0.0196. The van der Waals surface area contributed by atoms with Gasteiger partial charge in [0, 0.05) is 21.7 Å². The summed E-state index contributed by atoms with van der Waals surface area (Å²) >= 11 is 9.38. The predicted molar refractivity (Wildman–Crippen MR) is 98.1 cm³/mol. The Morgan fingerprint density at radius 2 is 2.08 bits per heavy atom. The Morgan fingerprint density at radius 1 is 1.33 bits per heavy atom. The molecule has 1 aromatic carbocycles. The van der Waals surface area contributed by atoms with E-state index < -0.39 is 5.91 Å². The molecule has 1 aliphatic heterocycles. The van der Waals surface area contributed by atoms with E-state index in [1.165, 1.54) is 0 Å². The second-order valence-corrected chi connectivity index (χ2v) is 6.99. The minimum atomic E-state index is -0.429. The summed E-state index contributed by atoms with van der Waals surface area (Å²) in [5, 5.41) is 3.19. The molecule has 2 amide bonds. The molecule has 0 saturated heterocycles. The molecule has 1 aromatic rings. The Balaban J connectivity index is 1.93. The molecular formula is C18H14BrClN2O2. The van der Waals surface area contributed by atoms with E-state index in [1.807, 2.05) is 13.0 Å². The van der Waals surface area contributed by atoms with Crippen LogP contribution >= 0.6 is 27.5 Å². The van der Waals surface area contributed by atoms with Crippen molar-refractivity contribution in [2.24, 2.45) is 10.9 Å². The number of hydrogen-bond acceptors (Lipinski definition) is 2. The molecule has 0 bridgehead atoms. The van der Waals surface area contributed by atoms with E-state index in [4.69, 9.17) is 11.6 Å². The molecule has 122 valence electrons. The fourth-order valence-corrected chi connectivity index (χ4v) is 3.19. The lowest BCUT2D eigenvalue weighted by atomic mass is 9.85. The van der Waals surface area contributed by atoms with Crippen LogP contribution in [0.2, 0.25) is 5.02 Å². The average molecular weight is 406 g/mol. The topological polar surface area (TPSA) is 58.5 Å². The Bertz CT molecular complexity index is 881. The van der Waals surface area contributed by atoms with Crippen molar-refractivity contribution in [1.29, 1.82) is 0 Å². The van der Waals surface area contributed by atoms with Crippen LogP contribution in [0.25, 0.3) is 0 Å². The first-order valence-electron chi connectivity index (χ1n) is 7.33. The third kappa shape index (κ3) is 3.14. The highest BCUT2D eigenvalue weighted by atomic mass is 79.9. The monoisotopic (exact) mass is 404 g/mol. The summed E-state index contributed by atoms with van der Waals surface area (Å²) in [5.41, 5.74) is 3.26. The van der Waals surface area contributed by atoms with Crippen LogP contribution in [0.4, 0.5) is 0 Å². The first-order chi connectivity index (χ1) is 11.4. The zero-order valence-corrected chi connectivity index (χ0v) is 15.4. The molecular weight excluding hydrogens is 392 g/mol. The number of nitrogens with one attached hydrogen (secondary N) is 1. The van der Waals surface area contributed by atoms with Crippen molar-refractivity contribution in [2.75, 3.05) is 0 Å². The molecule has 0 aromatic heterocycles. The van der Waals surface area contributed by atoms with Crippen molar-refractivity contribution in [3.05, 3.63) is 68.3 Å². The molecule has 0 radical (unpaired) electrons. The second-order valence-electron chi connectivity index (χ2n) is 5.66. The fraction of sp³-hybridized carbons (Fsp3) is 0.167. The number of rotatable bonds is 1. The quantitative estimate of drug-likeness (QED) is 0.760. The largest absolute Gasteiger partial charge is 0.325 e. The fourth-order valence-electron chi connectivity index (χ4n) is 2.63. The van der Waals surface area contributed by atoms with Gasteiger partial charge in [-0.2, -0.15) is 0 Å². The number of halogens is 2. The maximum absolute atomic E-state index is 12.4. The smallest absolute Gasteiger partial charge is 0.279 e. The number of fused-ring (bicyclic) bond motifs is 1. The predicted octanol–water partition coefficient (Wildman–Crippen LogP) is 4.22. The lowest BCUT2D eigenvalue weighted by molar-refractivity contribution is -0.117. The second kappa shape index (κ2) is 6.49. The van der Waals surface area contributed by atoms with Gasteiger partial charge >= 0.3 is 0 Å². The SMILES string of the molecule is CC1=C(C)C2C=CC(=NC(=O)c3cc(Br)ccc3Cl)C=C2NC1=O. The molecule has 0 saturated carbocycles. The van der Waals surface area contributed by atoms with Crippen molar-refractivity contribution < 1.29 is 9.59 Å². The van der Waals surface area contributed by atoms with Gasteiger partial charge in [-0.3, -0.25) is 9.59 Å². The first-order valence-corrected chi connectivity index (χ1v) is 8.50. The van der Waals surface area contributed by atoms with E-state index in [9.17, 15) is 9.59 Å². The lowest BCUT2D eigenvalue weighted by Gasteiger charge is -2.28. The average Bonchev–Trinajstić information content (AvgIpc) is 2.54. The van der Waals surface area contributed by atoms with E-state index in [0.717, 1.165) is 21.3 Å². The lowest BCUT2D eigenvalue weighted by Crippen LogP contribution is -2.35. The standard InChI is InChI=1S/C18H14BrClN2O2/c1-9-10(2)17(23)22-16-8-12(4-5-13(9)16)21-18(24)14-7-11(19)3-6-15(14)20/h3-8,13H,1-2H3,(H,22,23). The third-order valence-electron chi connectivity index (χ3n) is 4.14. The Morgan fingerprint density at radius 3 is 2.83 bits per heavy atom. The van der Waals surface area contributed by atoms with Crippen molar-refractivity contribution in [3.63, 3.8) is 0 Å². The molecule has 1 heterocycles. The van der Waals surface area contributed by atoms with Crippen molar-refractivity contribution in [1.82, 2.24) is 5.32 Å². The molecule has 1 unspecified atom stereocenters. The zero-order chi connectivity index (χ0) is 17.4. The molecule has 6 heteroatoms. The Hall–Kier alpha value is -1.98. The molecule has 24 heavy (non-hydrogen) atoms. The maximum Gasteiger partial charge on any atom is 0.279 e. The van der Waals surface area contributed by atoms with Crippen molar-refractivity contribution in [2.45, 2.75) is 13.8 Å². The van der Waals surface area contributed by atoms with E-state index in [2.05, 4.69) is 26.2 Å². The maximum atomic E-state index is 12.4. The molecule has 1 atom stereocenters. The van der Waals surface area contributed by atoms with Gasteiger partial charge in [-0.1, -0.05) is 39.2 Å². The highest BCUT2D eigenvalue weighted by Crippen LogP contribution is 2.30. The van der Waals surface area contributed by atoms with Gasteiger partial charge in [0.1, 0.15) is 0 Å². The van der Waals surface area contributed by atoms with Crippen LogP contribution in [0.5, 0.6) is 0 Å². The highest BCUT2D eigenvalue weighted by molar-refractivity contribution is 9.10. The summed E-state index contributed by atoms with van der Waals surface area (Å²) in [6, 6.07) is 5.03. The molecule has 0 fully saturated rings. The van der Waals surface area contributed by atoms with Crippen LogP contribution in [0.15, 0.2) is 62.7 Å². The molecule has 3 rings (SSSR count). The third-order valence-corrected chi connectivity index (χ3v) is 4.97. The normalized spacial score (nSPS) is 21.5. The number of hydrogen-bond donors (Lipinski definition) is 1. The summed E-state index contributed by atoms with van der Waals surface area (Å²) < 4.78 is 0.754. The molecule has 4 nitrogen and oxygen atoms in total. The number of allylic oxidation sites excluding steroid dienone is 3. The van der Waals surface area contributed by atoms with E-state index in [-0.39, 0.29) is 11.8 Å². The zero-order valence-electron chi connectivity index (χ0n) is 13.1. The number of carbonyl (C=O) groups is 2. The van der Waals surface area contributed by atoms with E-state index in [0.29, 0.717) is 16.3 Å². The molecule has 1 aliphatic carbocycles. The number of aliphatic imine (C=N–C) groups is 1. The van der Waals surface area contributed by atoms with Crippen LogP contribution in [0, 0.1) is 5.92 Å². The summed E-state index contributed by atoms with van der Waals surface area (Å²) in [7, 11) is 0. The molecule has 2 aliphatic rings. The van der Waals surface area contributed by atoms with E-state index in [1.54, 1.807) is 37.3 Å². The number of nitrogens with zero attached hydrogens (tertiary/aromatic N) is 1. The van der Waals surface area contributed by atoms with Crippen LogP contribution in [0.1, 0.15) is 24.2 Å². The van der Waals surface area contributed by atoms with Gasteiger partial charge in [-0.05, 0) is 44.2 Å². The van der Waals surface area contributed by atoms with Crippen LogP contribution in [0.3, 0.4) is 0 Å². The molecule has 0 spiro atoms. The number of benzene rings is 1. The minimum Gasteiger partial charge on any atom is -0.325 e.